The van der Waals surface area contributed by atoms with E-state index in [0.29, 0.717) is 38.8 Å². The summed E-state index contributed by atoms with van der Waals surface area (Å²) in [5.74, 6) is 3.11. The fraction of sp³-hybridized carbons (Fsp3) is 0.556. The lowest BCUT2D eigenvalue weighted by Crippen LogP contribution is -2.63. The molecule has 11 nitrogen and oxygen atoms in total. The standard InChI is InChI=1S/C27H36N8O3/c1-6-20-28-18-9-7-8-10-19(18)35(20)25-30-22-21(23(31-25)34-11-13-38-14-12-34)29-24(32(22)4)27(37-5)16-33(17-27)15-26(2,3)36/h7-10,36H,6,11-17H2,1-5H3. The predicted octanol–water partition coefficient (Wildman–Crippen LogP) is 2.03. The van der Waals surface area contributed by atoms with Gasteiger partial charge >= 0.3 is 0 Å². The number of aliphatic hydroxyl groups is 1. The zero-order chi connectivity index (χ0) is 26.7. The Labute approximate surface area is 222 Å². The van der Waals surface area contributed by atoms with Gasteiger partial charge in [0.2, 0.25) is 5.95 Å². The van der Waals surface area contributed by atoms with Crippen molar-refractivity contribution < 1.29 is 14.6 Å². The van der Waals surface area contributed by atoms with Gasteiger partial charge in [0.15, 0.2) is 22.6 Å². The van der Waals surface area contributed by atoms with Crippen molar-refractivity contribution in [3.63, 3.8) is 0 Å². The summed E-state index contributed by atoms with van der Waals surface area (Å²) < 4.78 is 15.8. The van der Waals surface area contributed by atoms with E-state index in [0.717, 1.165) is 59.2 Å². The molecule has 2 saturated heterocycles. The molecule has 0 bridgehead atoms. The number of benzene rings is 1. The van der Waals surface area contributed by atoms with E-state index in [1.165, 1.54) is 0 Å². The third-order valence-electron chi connectivity index (χ3n) is 7.51. The van der Waals surface area contributed by atoms with E-state index < -0.39 is 11.2 Å². The first-order chi connectivity index (χ1) is 18.2. The van der Waals surface area contributed by atoms with E-state index in [4.69, 9.17) is 29.4 Å². The summed E-state index contributed by atoms with van der Waals surface area (Å²) in [5.41, 5.74) is 2.05. The van der Waals surface area contributed by atoms with Gasteiger partial charge in [0.1, 0.15) is 11.6 Å². The average Bonchev–Trinajstić information content (AvgIpc) is 3.43. The van der Waals surface area contributed by atoms with Crippen LogP contribution in [0.5, 0.6) is 0 Å². The van der Waals surface area contributed by atoms with Crippen LogP contribution >= 0.6 is 0 Å². The summed E-state index contributed by atoms with van der Waals surface area (Å²) in [7, 11) is 3.72. The highest BCUT2D eigenvalue weighted by Gasteiger charge is 2.49. The van der Waals surface area contributed by atoms with Crippen LogP contribution in [0.3, 0.4) is 0 Å². The summed E-state index contributed by atoms with van der Waals surface area (Å²) in [6.45, 7) is 10.3. The third kappa shape index (κ3) is 4.14. The largest absolute Gasteiger partial charge is 0.389 e. The van der Waals surface area contributed by atoms with Crippen molar-refractivity contribution in [2.24, 2.45) is 7.05 Å². The molecule has 2 aliphatic heterocycles. The number of para-hydroxylation sites is 2. The van der Waals surface area contributed by atoms with Gasteiger partial charge in [0, 0.05) is 53.3 Å². The number of imidazole rings is 2. The monoisotopic (exact) mass is 520 g/mol. The van der Waals surface area contributed by atoms with Crippen LogP contribution in [0.1, 0.15) is 32.4 Å². The quantitative estimate of drug-likeness (QED) is 0.392. The van der Waals surface area contributed by atoms with Crippen molar-refractivity contribution in [1.29, 1.82) is 0 Å². The Morgan fingerprint density at radius 2 is 1.82 bits per heavy atom. The molecule has 11 heteroatoms. The van der Waals surface area contributed by atoms with Gasteiger partial charge < -0.3 is 24.0 Å². The fourth-order valence-corrected chi connectivity index (χ4v) is 5.77. The molecule has 3 aromatic heterocycles. The van der Waals surface area contributed by atoms with Crippen molar-refractivity contribution in [3.8, 4) is 5.95 Å². The highest BCUT2D eigenvalue weighted by atomic mass is 16.5. The van der Waals surface area contributed by atoms with Gasteiger partial charge in [-0.2, -0.15) is 9.97 Å². The number of hydrogen-bond donors (Lipinski definition) is 1. The fourth-order valence-electron chi connectivity index (χ4n) is 5.77. The highest BCUT2D eigenvalue weighted by Crippen LogP contribution is 2.38. The molecule has 0 radical (unpaired) electrons. The molecule has 4 aromatic rings. The van der Waals surface area contributed by atoms with Crippen LogP contribution in [-0.4, -0.2) is 97.7 Å². The van der Waals surface area contributed by atoms with Crippen molar-refractivity contribution >= 4 is 28.0 Å². The van der Waals surface area contributed by atoms with Gasteiger partial charge in [-0.15, -0.1) is 0 Å². The average molecular weight is 521 g/mol. The first-order valence-corrected chi connectivity index (χ1v) is 13.3. The number of β-amino-alcohol motifs (C(OH)–C–C–N with tert-alkyl or cyclic N) is 1. The van der Waals surface area contributed by atoms with Crippen LogP contribution in [0.15, 0.2) is 24.3 Å². The molecule has 0 spiro atoms. The summed E-state index contributed by atoms with van der Waals surface area (Å²) in [5, 5.41) is 10.3. The number of likely N-dealkylation sites (tertiary alicyclic amines) is 1. The van der Waals surface area contributed by atoms with Gasteiger partial charge in [0.05, 0.1) is 29.8 Å². The Balaban J connectivity index is 1.51. The molecule has 1 aromatic carbocycles. The lowest BCUT2D eigenvalue weighted by Gasteiger charge is -2.49. The summed E-state index contributed by atoms with van der Waals surface area (Å²) in [4.78, 5) is 24.6. The molecular formula is C27H36N8O3. The van der Waals surface area contributed by atoms with E-state index >= 15 is 0 Å². The zero-order valence-corrected chi connectivity index (χ0v) is 22.8. The first kappa shape index (κ1) is 25.2. The Kier molecular flexibility index (Phi) is 6.14. The van der Waals surface area contributed by atoms with Gasteiger partial charge in [-0.3, -0.25) is 9.47 Å². The second-order valence-electron chi connectivity index (χ2n) is 11.0. The number of fused-ring (bicyclic) bond motifs is 2. The second kappa shape index (κ2) is 9.26. The van der Waals surface area contributed by atoms with E-state index in [1.54, 1.807) is 7.11 Å². The second-order valence-corrected chi connectivity index (χ2v) is 11.0. The lowest BCUT2D eigenvalue weighted by molar-refractivity contribution is -0.152. The van der Waals surface area contributed by atoms with Gasteiger partial charge in [-0.25, -0.2) is 9.97 Å². The summed E-state index contributed by atoms with van der Waals surface area (Å²) in [6, 6.07) is 8.10. The van der Waals surface area contributed by atoms with E-state index in [-0.39, 0.29) is 0 Å². The zero-order valence-electron chi connectivity index (χ0n) is 22.8. The smallest absolute Gasteiger partial charge is 0.239 e. The molecule has 0 saturated carbocycles. The first-order valence-electron chi connectivity index (χ1n) is 13.3. The molecule has 0 amide bonds. The van der Waals surface area contributed by atoms with Crippen LogP contribution in [0.2, 0.25) is 0 Å². The van der Waals surface area contributed by atoms with E-state index in [1.807, 2.05) is 43.7 Å². The molecular weight excluding hydrogens is 484 g/mol. The van der Waals surface area contributed by atoms with E-state index in [2.05, 4.69) is 27.4 Å². The third-order valence-corrected chi connectivity index (χ3v) is 7.51. The molecule has 38 heavy (non-hydrogen) atoms. The highest BCUT2D eigenvalue weighted by molar-refractivity contribution is 5.86. The summed E-state index contributed by atoms with van der Waals surface area (Å²) in [6.07, 6.45) is 0.753. The molecule has 0 aliphatic carbocycles. The van der Waals surface area contributed by atoms with Gasteiger partial charge in [0.25, 0.3) is 0 Å². The van der Waals surface area contributed by atoms with Gasteiger partial charge in [-0.1, -0.05) is 19.1 Å². The van der Waals surface area contributed by atoms with Crippen LogP contribution < -0.4 is 4.90 Å². The van der Waals surface area contributed by atoms with E-state index in [9.17, 15) is 5.11 Å². The minimum Gasteiger partial charge on any atom is -0.389 e. The lowest BCUT2D eigenvalue weighted by atomic mass is 9.91. The van der Waals surface area contributed by atoms with Crippen LogP contribution in [-0.2, 0) is 28.5 Å². The number of aromatic nitrogens is 6. The molecule has 6 rings (SSSR count). The maximum atomic E-state index is 10.3. The Morgan fingerprint density at radius 1 is 1.08 bits per heavy atom. The molecule has 0 atom stereocenters. The van der Waals surface area contributed by atoms with Crippen LogP contribution in [0, 0.1) is 0 Å². The molecule has 5 heterocycles. The van der Waals surface area contributed by atoms with Gasteiger partial charge in [-0.05, 0) is 26.0 Å². The minimum absolute atomic E-state index is 0.568. The number of morpholine rings is 1. The molecule has 1 N–H and O–H groups in total. The number of aryl methyl sites for hydroxylation is 2. The normalized spacial score (nSPS) is 18.4. The molecule has 2 aliphatic rings. The van der Waals surface area contributed by atoms with Crippen molar-refractivity contribution in [2.75, 3.05) is 57.9 Å². The van der Waals surface area contributed by atoms with Crippen molar-refractivity contribution in [2.45, 2.75) is 38.4 Å². The number of hydrogen-bond acceptors (Lipinski definition) is 9. The number of nitrogens with zero attached hydrogens (tertiary/aromatic N) is 8. The molecule has 202 valence electrons. The van der Waals surface area contributed by atoms with Crippen molar-refractivity contribution in [1.82, 2.24) is 34.0 Å². The minimum atomic E-state index is -0.777. The maximum absolute atomic E-state index is 10.3. The number of methoxy groups -OCH3 is 1. The van der Waals surface area contributed by atoms with Crippen LogP contribution in [0.25, 0.3) is 28.1 Å². The number of anilines is 1. The number of rotatable bonds is 7. The topological polar surface area (TPSA) is 107 Å². The predicted molar refractivity (Wildman–Crippen MR) is 145 cm³/mol. The Morgan fingerprint density at radius 3 is 2.50 bits per heavy atom. The molecule has 2 fully saturated rings. The van der Waals surface area contributed by atoms with Crippen LogP contribution in [0.4, 0.5) is 5.82 Å². The molecule has 0 unspecified atom stereocenters. The summed E-state index contributed by atoms with van der Waals surface area (Å²) >= 11 is 0. The SMILES string of the molecule is CCc1nc2ccccc2n1-c1nc(N2CCOCC2)c2nc(C3(OC)CN(CC(C)(C)O)C3)n(C)c2n1. The number of ether oxygens (including phenoxy) is 2. The Bertz CT molecular complexity index is 1480. The van der Waals surface area contributed by atoms with Crippen molar-refractivity contribution in [3.05, 3.63) is 35.9 Å². The maximum Gasteiger partial charge on any atom is 0.239 e. The Hall–Kier alpha value is -3.12.